The predicted molar refractivity (Wildman–Crippen MR) is 130 cm³/mol. The second kappa shape index (κ2) is 6.76. The van der Waals surface area contributed by atoms with Crippen LogP contribution in [0.4, 0.5) is 0 Å². The lowest BCUT2D eigenvalue weighted by atomic mass is 10.0. The molecule has 0 radical (unpaired) electrons. The highest BCUT2D eigenvalue weighted by atomic mass is 31.1. The summed E-state index contributed by atoms with van der Waals surface area (Å²) in [5.74, 6) is 0. The Morgan fingerprint density at radius 2 is 0.767 bits per heavy atom. The summed E-state index contributed by atoms with van der Waals surface area (Å²) in [6, 6.07) is 37.7. The largest absolute Gasteiger partial charge is 0.416 e. The average molecular weight is 401 g/mol. The van der Waals surface area contributed by atoms with Crippen LogP contribution in [0.5, 0.6) is 0 Å². The van der Waals surface area contributed by atoms with Gasteiger partial charge in [0.05, 0.1) is 0 Å². The van der Waals surface area contributed by atoms with Crippen molar-refractivity contribution in [1.82, 2.24) is 0 Å². The van der Waals surface area contributed by atoms with Crippen molar-refractivity contribution in [3.05, 3.63) is 109 Å². The van der Waals surface area contributed by atoms with Gasteiger partial charge in [0.25, 0.3) is 0 Å². The van der Waals surface area contributed by atoms with Crippen LogP contribution in [-0.2, 0) is 4.57 Å². The molecule has 0 heterocycles. The van der Waals surface area contributed by atoms with Crippen molar-refractivity contribution < 1.29 is 4.57 Å². The molecule has 0 unspecified atom stereocenters. The van der Waals surface area contributed by atoms with Crippen LogP contribution in [0.15, 0.2) is 109 Å². The van der Waals surface area contributed by atoms with Gasteiger partial charge in [-0.15, -0.1) is 0 Å². The van der Waals surface area contributed by atoms with Gasteiger partial charge in [-0.05, 0) is 68.7 Å². The molecule has 0 saturated carbocycles. The summed E-state index contributed by atoms with van der Waals surface area (Å²) in [6.07, 6.45) is 0. The zero-order valence-corrected chi connectivity index (χ0v) is 17.1. The van der Waals surface area contributed by atoms with Gasteiger partial charge in [-0.2, -0.15) is 0 Å². The van der Waals surface area contributed by atoms with Crippen molar-refractivity contribution in [3.63, 3.8) is 0 Å². The maximum absolute atomic E-state index is 13.9. The lowest BCUT2D eigenvalue weighted by molar-refractivity contribution is 0.598. The number of benzene rings is 6. The Bertz CT molecular complexity index is 1490. The van der Waals surface area contributed by atoms with E-state index in [1.807, 2.05) is 36.4 Å². The van der Waals surface area contributed by atoms with Gasteiger partial charge in [-0.1, -0.05) is 77.4 Å². The molecule has 0 aliphatic carbocycles. The molecule has 1 nitrogen and oxygen atoms in total. The summed E-state index contributed by atoms with van der Waals surface area (Å²) in [4.78, 5) is 0. The van der Waals surface area contributed by atoms with E-state index in [2.05, 4.69) is 72.8 Å². The van der Waals surface area contributed by atoms with Gasteiger partial charge in [-0.3, -0.25) is 0 Å². The number of rotatable bonds is 2. The Balaban J connectivity index is 1.61. The van der Waals surface area contributed by atoms with E-state index in [0.29, 0.717) is 0 Å². The van der Waals surface area contributed by atoms with Gasteiger partial charge < -0.3 is 0 Å². The molecule has 0 saturated heterocycles. The highest BCUT2D eigenvalue weighted by Crippen LogP contribution is 2.32. The van der Waals surface area contributed by atoms with Gasteiger partial charge in [-0.25, -0.2) is 0 Å². The molecule has 0 aliphatic heterocycles. The molecule has 0 bridgehead atoms. The zero-order valence-electron chi connectivity index (χ0n) is 16.2. The topological polar surface area (TPSA) is 17.1 Å². The second-order valence-electron chi connectivity index (χ2n) is 7.69. The standard InChI is InChI=1S/C28H18OP/c29-30(27-13-5-11-23-15-19-7-1-3-9-21(19)17-25(23)27)28-14-6-12-24-16-20-8-2-4-10-22(20)18-26(24)28/h1-18H/q+1. The molecule has 6 rings (SSSR count). The van der Waals surface area contributed by atoms with Crippen LogP contribution >= 0.6 is 7.80 Å². The fraction of sp³-hybridized carbons (Fsp3) is 0. The number of hydrogen-bond donors (Lipinski definition) is 0. The molecule has 2 heteroatoms. The lowest BCUT2D eigenvalue weighted by Crippen LogP contribution is -2.09. The quantitative estimate of drug-likeness (QED) is 0.224. The first-order valence-corrected chi connectivity index (χ1v) is 11.3. The predicted octanol–water partition coefficient (Wildman–Crippen LogP) is 7.08. The molecule has 0 aromatic heterocycles. The van der Waals surface area contributed by atoms with Gasteiger partial charge in [0.15, 0.2) is 0 Å². The summed E-state index contributed by atoms with van der Waals surface area (Å²) in [7, 11) is -1.73. The van der Waals surface area contributed by atoms with E-state index in [4.69, 9.17) is 0 Å². The molecule has 0 aliphatic rings. The third-order valence-corrected chi connectivity index (χ3v) is 7.54. The van der Waals surface area contributed by atoms with Gasteiger partial charge in [0, 0.05) is 10.8 Å². The van der Waals surface area contributed by atoms with E-state index < -0.39 is 7.80 Å². The third-order valence-electron chi connectivity index (χ3n) is 5.88. The van der Waals surface area contributed by atoms with Crippen molar-refractivity contribution in [2.24, 2.45) is 0 Å². The maximum Gasteiger partial charge on any atom is 0.416 e. The summed E-state index contributed by atoms with van der Waals surface area (Å²) < 4.78 is 13.9. The van der Waals surface area contributed by atoms with Gasteiger partial charge in [0.1, 0.15) is 0 Å². The summed E-state index contributed by atoms with van der Waals surface area (Å²) in [6.45, 7) is 0. The molecule has 30 heavy (non-hydrogen) atoms. The van der Waals surface area contributed by atoms with Crippen LogP contribution in [0.25, 0.3) is 43.1 Å². The fourth-order valence-corrected chi connectivity index (χ4v) is 5.91. The molecular weight excluding hydrogens is 383 g/mol. The van der Waals surface area contributed by atoms with Crippen LogP contribution in [0.3, 0.4) is 0 Å². The fourth-order valence-electron chi connectivity index (χ4n) is 4.38. The van der Waals surface area contributed by atoms with Crippen molar-refractivity contribution in [2.45, 2.75) is 0 Å². The Hall–Kier alpha value is -3.54. The normalized spacial score (nSPS) is 11.5. The van der Waals surface area contributed by atoms with E-state index in [0.717, 1.165) is 32.2 Å². The van der Waals surface area contributed by atoms with E-state index in [9.17, 15) is 4.57 Å². The minimum Gasteiger partial charge on any atom is -0.0616 e. The van der Waals surface area contributed by atoms with Gasteiger partial charge in [0.2, 0.25) is 10.6 Å². The molecule has 0 atom stereocenters. The van der Waals surface area contributed by atoms with Crippen LogP contribution in [0.1, 0.15) is 0 Å². The van der Waals surface area contributed by atoms with Crippen LogP contribution < -0.4 is 10.6 Å². The van der Waals surface area contributed by atoms with Crippen molar-refractivity contribution in [2.75, 3.05) is 0 Å². The average Bonchev–Trinajstić information content (AvgIpc) is 2.80. The highest BCUT2D eigenvalue weighted by Gasteiger charge is 2.28. The van der Waals surface area contributed by atoms with Crippen LogP contribution in [0, 0.1) is 0 Å². The molecular formula is C28H18OP+. The van der Waals surface area contributed by atoms with E-state index >= 15 is 0 Å². The Labute approximate surface area is 175 Å². The summed E-state index contributed by atoms with van der Waals surface area (Å²) in [5.41, 5.74) is 0. The van der Waals surface area contributed by atoms with E-state index in [1.54, 1.807) is 0 Å². The van der Waals surface area contributed by atoms with Crippen molar-refractivity contribution >= 4 is 61.5 Å². The van der Waals surface area contributed by atoms with E-state index in [-0.39, 0.29) is 0 Å². The molecule has 6 aromatic carbocycles. The molecule has 0 fully saturated rings. The number of hydrogen-bond acceptors (Lipinski definition) is 1. The molecule has 0 spiro atoms. The first-order valence-electron chi connectivity index (χ1n) is 10.1. The summed E-state index contributed by atoms with van der Waals surface area (Å²) in [5, 5.41) is 10.9. The first-order chi connectivity index (χ1) is 14.8. The minimum absolute atomic E-state index is 0.897. The molecule has 6 aromatic rings. The maximum atomic E-state index is 13.9. The van der Waals surface area contributed by atoms with Crippen LogP contribution in [0.2, 0.25) is 0 Å². The lowest BCUT2D eigenvalue weighted by Gasteiger charge is -2.05. The monoisotopic (exact) mass is 401 g/mol. The Morgan fingerprint density at radius 3 is 1.20 bits per heavy atom. The minimum atomic E-state index is -1.73. The van der Waals surface area contributed by atoms with Gasteiger partial charge >= 0.3 is 7.80 Å². The smallest absolute Gasteiger partial charge is 0.0616 e. The number of fused-ring (bicyclic) bond motifs is 4. The van der Waals surface area contributed by atoms with E-state index in [1.165, 1.54) is 21.5 Å². The zero-order chi connectivity index (χ0) is 20.1. The SMILES string of the molecule is O=[P+](c1cccc2cc3ccccc3cc12)c1cccc2cc3ccccc3cc12. The van der Waals surface area contributed by atoms with Crippen molar-refractivity contribution in [1.29, 1.82) is 0 Å². The Kier molecular flexibility index (Phi) is 3.91. The second-order valence-corrected chi connectivity index (χ2v) is 9.24. The third kappa shape index (κ3) is 2.71. The highest BCUT2D eigenvalue weighted by molar-refractivity contribution is 7.62. The van der Waals surface area contributed by atoms with Crippen LogP contribution in [-0.4, -0.2) is 0 Å². The summed E-state index contributed by atoms with van der Waals surface area (Å²) >= 11 is 0. The van der Waals surface area contributed by atoms with Crippen molar-refractivity contribution in [3.8, 4) is 0 Å². The molecule has 0 amide bonds. The molecule has 140 valence electrons. The Morgan fingerprint density at radius 1 is 0.400 bits per heavy atom. The first kappa shape index (κ1) is 17.3. The molecule has 0 N–H and O–H groups in total.